The minimum Gasteiger partial charge on any atom is -0.469 e. The largest absolute Gasteiger partial charge is 0.469 e. The van der Waals surface area contributed by atoms with Crippen molar-refractivity contribution in [3.05, 3.63) is 63.9 Å². The van der Waals surface area contributed by atoms with Crippen LogP contribution in [0.4, 0.5) is 5.69 Å². The monoisotopic (exact) mass is 283 g/mol. The zero-order valence-corrected chi connectivity index (χ0v) is 11.6. The van der Waals surface area contributed by atoms with Crippen LogP contribution in [-0.2, 0) is 0 Å². The fraction of sp³-hybridized carbons (Fsp3) is 0.125. The second-order valence-corrected chi connectivity index (χ2v) is 4.80. The van der Waals surface area contributed by atoms with Crippen molar-refractivity contribution in [2.75, 3.05) is 5.32 Å². The van der Waals surface area contributed by atoms with Gasteiger partial charge in [-0.25, -0.2) is 4.79 Å². The molecular formula is C16H13NO4. The molecule has 0 aliphatic rings. The number of hydrogen-bond donors (Lipinski definition) is 1. The van der Waals surface area contributed by atoms with Crippen LogP contribution in [0.2, 0.25) is 0 Å². The highest BCUT2D eigenvalue weighted by Gasteiger charge is 2.12. The molecule has 0 atom stereocenters. The third kappa shape index (κ3) is 2.45. The number of hydrogen-bond acceptors (Lipinski definition) is 4. The number of anilines is 1. The number of carbonyl (C=O) groups excluding carboxylic acids is 1. The number of rotatable bonds is 2. The van der Waals surface area contributed by atoms with Crippen LogP contribution in [0, 0.1) is 13.8 Å². The van der Waals surface area contributed by atoms with E-state index in [4.69, 9.17) is 8.83 Å². The van der Waals surface area contributed by atoms with E-state index in [1.54, 1.807) is 25.1 Å². The average Bonchev–Trinajstić information content (AvgIpc) is 2.84. The lowest BCUT2D eigenvalue weighted by Crippen LogP contribution is -2.12. The highest BCUT2D eigenvalue weighted by Crippen LogP contribution is 2.21. The maximum atomic E-state index is 12.1. The summed E-state index contributed by atoms with van der Waals surface area (Å²) in [7, 11) is 0. The summed E-state index contributed by atoms with van der Waals surface area (Å²) in [5.41, 5.74) is 1.91. The Morgan fingerprint density at radius 2 is 1.95 bits per heavy atom. The number of furan rings is 1. The first-order chi connectivity index (χ1) is 10.0. The summed E-state index contributed by atoms with van der Waals surface area (Å²) in [5.74, 6) is 0.284. The van der Waals surface area contributed by atoms with Crippen LogP contribution in [0.5, 0.6) is 0 Å². The molecule has 0 spiro atoms. The quantitative estimate of drug-likeness (QED) is 0.733. The van der Waals surface area contributed by atoms with Crippen LogP contribution in [0.25, 0.3) is 11.0 Å². The van der Waals surface area contributed by atoms with Crippen molar-refractivity contribution in [2.24, 2.45) is 0 Å². The Balaban J connectivity index is 1.97. The molecule has 3 aromatic rings. The molecule has 2 aromatic heterocycles. The highest BCUT2D eigenvalue weighted by atomic mass is 16.4. The van der Waals surface area contributed by atoms with Gasteiger partial charge in [0.15, 0.2) is 0 Å². The first-order valence-electron chi connectivity index (χ1n) is 6.44. The fourth-order valence-corrected chi connectivity index (χ4v) is 2.22. The van der Waals surface area contributed by atoms with Gasteiger partial charge in [-0.2, -0.15) is 0 Å². The van der Waals surface area contributed by atoms with Crippen molar-refractivity contribution < 1.29 is 13.6 Å². The number of aryl methyl sites for hydroxylation is 2. The van der Waals surface area contributed by atoms with E-state index in [9.17, 15) is 9.59 Å². The van der Waals surface area contributed by atoms with Crippen LogP contribution in [0.3, 0.4) is 0 Å². The molecule has 3 rings (SSSR count). The minimum atomic E-state index is -0.408. The molecule has 0 saturated carbocycles. The Morgan fingerprint density at radius 1 is 1.14 bits per heavy atom. The molecule has 1 amide bonds. The summed E-state index contributed by atoms with van der Waals surface area (Å²) in [4.78, 5) is 23.5. The van der Waals surface area contributed by atoms with Crippen molar-refractivity contribution in [1.82, 2.24) is 0 Å². The molecule has 1 N–H and O–H groups in total. The van der Waals surface area contributed by atoms with E-state index in [1.165, 1.54) is 12.3 Å². The van der Waals surface area contributed by atoms with Gasteiger partial charge in [-0.3, -0.25) is 4.79 Å². The van der Waals surface area contributed by atoms with Gasteiger partial charge in [-0.1, -0.05) is 0 Å². The van der Waals surface area contributed by atoms with Crippen LogP contribution >= 0.6 is 0 Å². The molecule has 0 saturated heterocycles. The van der Waals surface area contributed by atoms with Gasteiger partial charge < -0.3 is 14.2 Å². The van der Waals surface area contributed by atoms with Crippen LogP contribution in [0.1, 0.15) is 21.7 Å². The average molecular weight is 283 g/mol. The van der Waals surface area contributed by atoms with Crippen LogP contribution in [-0.4, -0.2) is 5.91 Å². The molecule has 0 aliphatic heterocycles. The summed E-state index contributed by atoms with van der Waals surface area (Å²) < 4.78 is 10.3. The maximum absolute atomic E-state index is 12.1. The molecule has 0 bridgehead atoms. The van der Waals surface area contributed by atoms with Gasteiger partial charge in [-0.05, 0) is 37.6 Å². The van der Waals surface area contributed by atoms with E-state index in [0.29, 0.717) is 22.6 Å². The van der Waals surface area contributed by atoms with Gasteiger partial charge in [0.25, 0.3) is 5.91 Å². The van der Waals surface area contributed by atoms with Gasteiger partial charge in [0, 0.05) is 23.2 Å². The van der Waals surface area contributed by atoms with Gasteiger partial charge in [-0.15, -0.1) is 0 Å². The fourth-order valence-electron chi connectivity index (χ4n) is 2.22. The van der Waals surface area contributed by atoms with Crippen molar-refractivity contribution in [1.29, 1.82) is 0 Å². The summed E-state index contributed by atoms with van der Waals surface area (Å²) in [6.07, 6.45) is 1.47. The summed E-state index contributed by atoms with van der Waals surface area (Å²) in [6.45, 7) is 3.56. The number of benzene rings is 1. The summed E-state index contributed by atoms with van der Waals surface area (Å²) >= 11 is 0. The zero-order chi connectivity index (χ0) is 15.0. The molecule has 106 valence electrons. The molecule has 5 heteroatoms. The molecule has 0 radical (unpaired) electrons. The molecule has 5 nitrogen and oxygen atoms in total. The van der Waals surface area contributed by atoms with Crippen molar-refractivity contribution in [3.63, 3.8) is 0 Å². The molecule has 2 heterocycles. The van der Waals surface area contributed by atoms with Crippen molar-refractivity contribution >= 4 is 22.6 Å². The summed E-state index contributed by atoms with van der Waals surface area (Å²) in [5, 5.41) is 3.60. The van der Waals surface area contributed by atoms with Gasteiger partial charge >= 0.3 is 5.63 Å². The van der Waals surface area contributed by atoms with Crippen LogP contribution < -0.4 is 10.9 Å². The number of nitrogens with one attached hydrogen (secondary N) is 1. The normalized spacial score (nSPS) is 10.8. The zero-order valence-electron chi connectivity index (χ0n) is 11.6. The Bertz CT molecular complexity index is 889. The highest BCUT2D eigenvalue weighted by molar-refractivity contribution is 6.05. The van der Waals surface area contributed by atoms with Crippen LogP contribution in [0.15, 0.2) is 50.2 Å². The number of fused-ring (bicyclic) bond motifs is 1. The van der Waals surface area contributed by atoms with E-state index < -0.39 is 5.63 Å². The minimum absolute atomic E-state index is 0.268. The second kappa shape index (κ2) is 4.94. The van der Waals surface area contributed by atoms with E-state index in [-0.39, 0.29) is 5.91 Å². The third-order valence-corrected chi connectivity index (χ3v) is 3.31. The maximum Gasteiger partial charge on any atom is 0.336 e. The molecule has 0 unspecified atom stereocenters. The lowest BCUT2D eigenvalue weighted by atomic mass is 10.1. The third-order valence-electron chi connectivity index (χ3n) is 3.31. The Labute approximate surface area is 120 Å². The smallest absolute Gasteiger partial charge is 0.336 e. The Kier molecular flexibility index (Phi) is 3.10. The lowest BCUT2D eigenvalue weighted by molar-refractivity contribution is 0.102. The Hall–Kier alpha value is -2.82. The molecule has 0 fully saturated rings. The van der Waals surface area contributed by atoms with Gasteiger partial charge in [0.2, 0.25) is 0 Å². The molecule has 21 heavy (non-hydrogen) atoms. The van der Waals surface area contributed by atoms with E-state index >= 15 is 0 Å². The van der Waals surface area contributed by atoms with Gasteiger partial charge in [0.05, 0.1) is 11.8 Å². The predicted octanol–water partition coefficient (Wildman–Crippen LogP) is 3.26. The van der Waals surface area contributed by atoms with Crippen molar-refractivity contribution in [2.45, 2.75) is 13.8 Å². The SMILES string of the molecule is Cc1occc1C(=O)Nc1ccc2c(C)cc(=O)oc2c1. The first-order valence-corrected chi connectivity index (χ1v) is 6.44. The van der Waals surface area contributed by atoms with E-state index in [0.717, 1.165) is 10.9 Å². The summed E-state index contributed by atoms with van der Waals surface area (Å²) in [6, 6.07) is 8.26. The number of amides is 1. The topological polar surface area (TPSA) is 72.5 Å². The second-order valence-electron chi connectivity index (χ2n) is 4.80. The Morgan fingerprint density at radius 3 is 2.67 bits per heavy atom. The molecule has 1 aromatic carbocycles. The first kappa shape index (κ1) is 13.2. The predicted molar refractivity (Wildman–Crippen MR) is 78.6 cm³/mol. The molecule has 0 aliphatic carbocycles. The van der Waals surface area contributed by atoms with Gasteiger partial charge in [0.1, 0.15) is 11.3 Å². The number of carbonyl (C=O) groups is 1. The molecular weight excluding hydrogens is 270 g/mol. The van der Waals surface area contributed by atoms with E-state index in [2.05, 4.69) is 5.32 Å². The lowest BCUT2D eigenvalue weighted by Gasteiger charge is -2.06. The standard InChI is InChI=1S/C16H13NO4/c1-9-7-15(18)21-14-8-11(3-4-12(9)14)17-16(19)13-5-6-20-10(13)2/h3-8H,1-2H3,(H,17,19). The van der Waals surface area contributed by atoms with Crippen molar-refractivity contribution in [3.8, 4) is 0 Å². The van der Waals surface area contributed by atoms with E-state index in [1.807, 2.05) is 13.0 Å².